The molecule has 0 aromatic rings. The van der Waals surface area contributed by atoms with Gasteiger partial charge in [0.2, 0.25) is 11.8 Å². The molecule has 0 saturated carbocycles. The molecule has 2 saturated heterocycles. The number of hydrogen-bond donors (Lipinski definition) is 0. The van der Waals surface area contributed by atoms with Crippen molar-refractivity contribution in [3.05, 3.63) is 0 Å². The number of carbonyl (C=O) groups is 2. The average molecular weight is 310 g/mol. The number of carbonyl (C=O) groups excluding carboxylic acids is 2. The van der Waals surface area contributed by atoms with Crippen molar-refractivity contribution in [3.8, 4) is 0 Å². The first-order valence-corrected chi connectivity index (χ1v) is 8.65. The number of rotatable bonds is 4. The first-order chi connectivity index (χ1) is 10.5. The van der Waals surface area contributed by atoms with Crippen LogP contribution in [0.15, 0.2) is 0 Å². The predicted molar refractivity (Wildman–Crippen MR) is 85.5 cm³/mol. The van der Waals surface area contributed by atoms with Crippen LogP contribution in [0.5, 0.6) is 0 Å². The maximum absolute atomic E-state index is 12.7. The van der Waals surface area contributed by atoms with Gasteiger partial charge in [0.25, 0.3) is 0 Å². The maximum atomic E-state index is 12.7. The summed E-state index contributed by atoms with van der Waals surface area (Å²) in [5.74, 6) is 0.365. The summed E-state index contributed by atoms with van der Waals surface area (Å²) in [5, 5.41) is 0. The van der Waals surface area contributed by atoms with Crippen LogP contribution in [-0.4, -0.2) is 61.0 Å². The molecule has 126 valence electrons. The summed E-state index contributed by atoms with van der Waals surface area (Å²) >= 11 is 0. The summed E-state index contributed by atoms with van der Waals surface area (Å²) in [7, 11) is 0. The van der Waals surface area contributed by atoms with Crippen molar-refractivity contribution in [1.29, 1.82) is 0 Å². The normalized spacial score (nSPS) is 20.6. The van der Waals surface area contributed by atoms with E-state index in [1.54, 1.807) is 0 Å². The Hall–Kier alpha value is -1.10. The number of hydrogen-bond acceptors (Lipinski definition) is 3. The van der Waals surface area contributed by atoms with E-state index in [1.807, 2.05) is 23.6 Å². The van der Waals surface area contributed by atoms with Gasteiger partial charge in [-0.3, -0.25) is 9.59 Å². The fourth-order valence-electron chi connectivity index (χ4n) is 3.20. The quantitative estimate of drug-likeness (QED) is 0.798. The molecular formula is C17H30N2O3. The molecule has 2 heterocycles. The summed E-state index contributed by atoms with van der Waals surface area (Å²) in [6.45, 7) is 8.32. The minimum Gasteiger partial charge on any atom is -0.378 e. The fourth-order valence-corrected chi connectivity index (χ4v) is 3.20. The standard InChI is InChI=1S/C17H30N2O3/c1-17(2,16(21)19-9-5-3-4-6-10-19)8-7-15(20)18-11-13-22-14-12-18/h3-14H2,1-2H3. The van der Waals surface area contributed by atoms with Gasteiger partial charge in [-0.25, -0.2) is 0 Å². The molecular weight excluding hydrogens is 280 g/mol. The van der Waals surface area contributed by atoms with Gasteiger partial charge in [-0.1, -0.05) is 26.7 Å². The maximum Gasteiger partial charge on any atom is 0.228 e. The zero-order valence-corrected chi connectivity index (χ0v) is 14.1. The number of likely N-dealkylation sites (tertiary alicyclic amines) is 1. The molecule has 2 aliphatic rings. The molecule has 0 aromatic heterocycles. The topological polar surface area (TPSA) is 49.9 Å². The highest BCUT2D eigenvalue weighted by Gasteiger charge is 2.33. The Labute approximate surface area is 134 Å². The zero-order valence-electron chi connectivity index (χ0n) is 14.1. The molecule has 5 nitrogen and oxygen atoms in total. The molecule has 22 heavy (non-hydrogen) atoms. The molecule has 2 aliphatic heterocycles. The summed E-state index contributed by atoms with van der Waals surface area (Å²) in [4.78, 5) is 28.8. The lowest BCUT2D eigenvalue weighted by Crippen LogP contribution is -2.43. The van der Waals surface area contributed by atoms with Crippen molar-refractivity contribution in [1.82, 2.24) is 9.80 Å². The highest BCUT2D eigenvalue weighted by Crippen LogP contribution is 2.27. The van der Waals surface area contributed by atoms with Crippen molar-refractivity contribution in [3.63, 3.8) is 0 Å². The number of amides is 2. The molecule has 0 aromatic carbocycles. The fraction of sp³-hybridized carbons (Fsp3) is 0.882. The minimum atomic E-state index is -0.452. The van der Waals surface area contributed by atoms with Gasteiger partial charge in [0.05, 0.1) is 13.2 Å². The van der Waals surface area contributed by atoms with Gasteiger partial charge >= 0.3 is 0 Å². The summed E-state index contributed by atoms with van der Waals surface area (Å²) in [6, 6.07) is 0. The summed E-state index contributed by atoms with van der Waals surface area (Å²) in [6.07, 6.45) is 5.73. The van der Waals surface area contributed by atoms with E-state index in [1.165, 1.54) is 12.8 Å². The third-order valence-electron chi connectivity index (χ3n) is 4.80. The van der Waals surface area contributed by atoms with Crippen LogP contribution in [0, 0.1) is 5.41 Å². The third-order valence-corrected chi connectivity index (χ3v) is 4.80. The molecule has 5 heteroatoms. The number of ether oxygens (including phenoxy) is 1. The first kappa shape index (κ1) is 17.3. The van der Waals surface area contributed by atoms with E-state index >= 15 is 0 Å². The van der Waals surface area contributed by atoms with Crippen LogP contribution in [0.1, 0.15) is 52.4 Å². The second-order valence-corrected chi connectivity index (χ2v) is 7.08. The van der Waals surface area contributed by atoms with E-state index in [0.717, 1.165) is 25.9 Å². The van der Waals surface area contributed by atoms with Gasteiger partial charge in [0, 0.05) is 38.0 Å². The Kier molecular flexibility index (Phi) is 6.24. The SMILES string of the molecule is CC(C)(CCC(=O)N1CCOCC1)C(=O)N1CCCCCC1. The van der Waals surface area contributed by atoms with Crippen molar-refractivity contribution in [2.24, 2.45) is 5.41 Å². The molecule has 2 fully saturated rings. The molecule has 0 bridgehead atoms. The third kappa shape index (κ3) is 4.70. The van der Waals surface area contributed by atoms with E-state index < -0.39 is 5.41 Å². The Morgan fingerprint density at radius 1 is 0.909 bits per heavy atom. The molecule has 2 rings (SSSR count). The monoisotopic (exact) mass is 310 g/mol. The molecule has 0 N–H and O–H groups in total. The molecule has 0 atom stereocenters. The lowest BCUT2D eigenvalue weighted by atomic mass is 9.85. The van der Waals surface area contributed by atoms with Crippen LogP contribution in [-0.2, 0) is 14.3 Å². The van der Waals surface area contributed by atoms with Crippen molar-refractivity contribution < 1.29 is 14.3 Å². The first-order valence-electron chi connectivity index (χ1n) is 8.65. The van der Waals surface area contributed by atoms with E-state index in [0.29, 0.717) is 39.1 Å². The lowest BCUT2D eigenvalue weighted by Gasteiger charge is -2.32. The number of nitrogens with zero attached hydrogens (tertiary/aromatic N) is 2. The van der Waals surface area contributed by atoms with Gasteiger partial charge in [0.1, 0.15) is 0 Å². The Balaban J connectivity index is 1.83. The highest BCUT2D eigenvalue weighted by molar-refractivity contribution is 5.83. The van der Waals surface area contributed by atoms with Gasteiger partial charge in [0.15, 0.2) is 0 Å². The molecule has 0 unspecified atom stereocenters. The molecule has 0 spiro atoms. The van der Waals surface area contributed by atoms with Gasteiger partial charge < -0.3 is 14.5 Å². The molecule has 2 amide bonds. The van der Waals surface area contributed by atoms with E-state index in [-0.39, 0.29) is 11.8 Å². The number of morpholine rings is 1. The van der Waals surface area contributed by atoms with Gasteiger partial charge in [-0.05, 0) is 19.3 Å². The van der Waals surface area contributed by atoms with Crippen LogP contribution >= 0.6 is 0 Å². The predicted octanol–water partition coefficient (Wildman–Crippen LogP) is 2.05. The minimum absolute atomic E-state index is 0.153. The van der Waals surface area contributed by atoms with E-state index in [9.17, 15) is 9.59 Å². The highest BCUT2D eigenvalue weighted by atomic mass is 16.5. The van der Waals surface area contributed by atoms with Crippen LogP contribution in [0.2, 0.25) is 0 Å². The average Bonchev–Trinajstić information content (AvgIpc) is 2.82. The van der Waals surface area contributed by atoms with Crippen molar-refractivity contribution in [2.45, 2.75) is 52.4 Å². The van der Waals surface area contributed by atoms with Crippen molar-refractivity contribution in [2.75, 3.05) is 39.4 Å². The zero-order chi connectivity index (χ0) is 16.0. The van der Waals surface area contributed by atoms with Crippen LogP contribution in [0.4, 0.5) is 0 Å². The molecule has 0 aliphatic carbocycles. The Bertz CT molecular complexity index is 381. The van der Waals surface area contributed by atoms with E-state index in [2.05, 4.69) is 0 Å². The molecule has 0 radical (unpaired) electrons. The Morgan fingerprint density at radius 2 is 1.50 bits per heavy atom. The summed E-state index contributed by atoms with van der Waals surface area (Å²) < 4.78 is 5.27. The second-order valence-electron chi connectivity index (χ2n) is 7.08. The summed E-state index contributed by atoms with van der Waals surface area (Å²) in [5.41, 5.74) is -0.452. The van der Waals surface area contributed by atoms with Crippen LogP contribution in [0.25, 0.3) is 0 Å². The van der Waals surface area contributed by atoms with Gasteiger partial charge in [-0.2, -0.15) is 0 Å². The van der Waals surface area contributed by atoms with Crippen LogP contribution in [0.3, 0.4) is 0 Å². The second kappa shape index (κ2) is 7.95. The largest absolute Gasteiger partial charge is 0.378 e. The van der Waals surface area contributed by atoms with Crippen molar-refractivity contribution >= 4 is 11.8 Å². The smallest absolute Gasteiger partial charge is 0.228 e. The van der Waals surface area contributed by atoms with E-state index in [4.69, 9.17) is 4.74 Å². The Morgan fingerprint density at radius 3 is 2.09 bits per heavy atom. The van der Waals surface area contributed by atoms with Gasteiger partial charge in [-0.15, -0.1) is 0 Å². The lowest BCUT2D eigenvalue weighted by molar-refractivity contribution is -0.142. The van der Waals surface area contributed by atoms with Crippen LogP contribution < -0.4 is 0 Å².